The van der Waals surface area contributed by atoms with Gasteiger partial charge in [-0.05, 0) is 58.4 Å². The van der Waals surface area contributed by atoms with Crippen molar-refractivity contribution >= 4 is 23.3 Å². The second kappa shape index (κ2) is 7.49. The fourth-order valence-electron chi connectivity index (χ4n) is 3.08. The third-order valence-corrected chi connectivity index (χ3v) is 4.66. The fraction of sp³-hybridized carbons (Fsp3) is 0.647. The van der Waals surface area contributed by atoms with Crippen molar-refractivity contribution < 1.29 is 14.6 Å². The zero-order valence-electron chi connectivity index (χ0n) is 13.9. The quantitative estimate of drug-likeness (QED) is 0.632. The van der Waals surface area contributed by atoms with Gasteiger partial charge < -0.3 is 15.2 Å². The van der Waals surface area contributed by atoms with Crippen molar-refractivity contribution in [1.29, 1.82) is 0 Å². The molecular weight excluding hydrogens is 316 g/mol. The van der Waals surface area contributed by atoms with Crippen LogP contribution in [0.2, 0.25) is 5.15 Å². The second-order valence-electron chi connectivity index (χ2n) is 6.62. The van der Waals surface area contributed by atoms with E-state index in [1.165, 1.54) is 6.20 Å². The van der Waals surface area contributed by atoms with Crippen LogP contribution < -0.4 is 5.32 Å². The van der Waals surface area contributed by atoms with E-state index in [9.17, 15) is 9.90 Å². The lowest BCUT2D eigenvalue weighted by Gasteiger charge is -2.36. The molecule has 1 fully saturated rings. The molecule has 0 radical (unpaired) electrons. The number of aromatic nitrogens is 1. The Balaban J connectivity index is 2.06. The Bertz CT molecular complexity index is 549. The molecule has 1 aromatic rings. The molecule has 23 heavy (non-hydrogen) atoms. The number of rotatable bonds is 5. The topological polar surface area (TPSA) is 71.5 Å². The van der Waals surface area contributed by atoms with Crippen molar-refractivity contribution in [3.05, 3.63) is 23.0 Å². The number of anilines is 1. The van der Waals surface area contributed by atoms with Crippen LogP contribution in [0.25, 0.3) is 0 Å². The maximum absolute atomic E-state index is 12.0. The summed E-state index contributed by atoms with van der Waals surface area (Å²) in [5, 5.41) is 13.9. The SMILES string of the molecule is CCOC(=O)c1cnc(Cl)cc1NC1CCC(C(C)(C)O)CC1. The largest absolute Gasteiger partial charge is 0.462 e. The smallest absolute Gasteiger partial charge is 0.341 e. The van der Waals surface area contributed by atoms with E-state index in [0.717, 1.165) is 25.7 Å². The summed E-state index contributed by atoms with van der Waals surface area (Å²) in [5.74, 6) is -0.0875. The van der Waals surface area contributed by atoms with Gasteiger partial charge in [0.1, 0.15) is 10.7 Å². The number of esters is 1. The minimum atomic E-state index is -0.638. The maximum Gasteiger partial charge on any atom is 0.341 e. The first-order chi connectivity index (χ1) is 10.8. The molecule has 2 rings (SSSR count). The molecule has 0 bridgehead atoms. The number of nitrogens with zero attached hydrogens (tertiary/aromatic N) is 1. The van der Waals surface area contributed by atoms with Crippen LogP contribution in [0, 0.1) is 5.92 Å². The Morgan fingerprint density at radius 3 is 2.65 bits per heavy atom. The summed E-state index contributed by atoms with van der Waals surface area (Å²) in [5.41, 5.74) is 0.428. The predicted octanol–water partition coefficient (Wildman–Crippen LogP) is 3.65. The zero-order valence-corrected chi connectivity index (χ0v) is 14.7. The summed E-state index contributed by atoms with van der Waals surface area (Å²) in [6.07, 6.45) is 5.24. The van der Waals surface area contributed by atoms with Gasteiger partial charge in [-0.25, -0.2) is 9.78 Å². The number of pyridine rings is 1. The van der Waals surface area contributed by atoms with E-state index in [-0.39, 0.29) is 6.04 Å². The van der Waals surface area contributed by atoms with Crippen LogP contribution in [0.3, 0.4) is 0 Å². The first kappa shape index (κ1) is 18.0. The molecule has 0 aromatic carbocycles. The zero-order chi connectivity index (χ0) is 17.0. The average Bonchev–Trinajstić information content (AvgIpc) is 2.47. The van der Waals surface area contributed by atoms with Crippen molar-refractivity contribution in [1.82, 2.24) is 4.98 Å². The molecule has 6 heteroatoms. The maximum atomic E-state index is 12.0. The molecule has 0 unspecified atom stereocenters. The van der Waals surface area contributed by atoms with Crippen LogP contribution in [0.5, 0.6) is 0 Å². The van der Waals surface area contributed by atoms with Crippen molar-refractivity contribution in [3.63, 3.8) is 0 Å². The lowest BCUT2D eigenvalue weighted by atomic mass is 9.77. The van der Waals surface area contributed by atoms with Crippen molar-refractivity contribution in [2.75, 3.05) is 11.9 Å². The number of nitrogens with one attached hydrogen (secondary N) is 1. The number of hydrogen-bond acceptors (Lipinski definition) is 5. The third-order valence-electron chi connectivity index (χ3n) is 4.45. The monoisotopic (exact) mass is 340 g/mol. The number of aliphatic hydroxyl groups is 1. The summed E-state index contributed by atoms with van der Waals surface area (Å²) in [6, 6.07) is 1.91. The molecule has 1 aromatic heterocycles. The van der Waals surface area contributed by atoms with Gasteiger partial charge in [-0.3, -0.25) is 0 Å². The predicted molar refractivity (Wildman–Crippen MR) is 90.9 cm³/mol. The van der Waals surface area contributed by atoms with Crippen LogP contribution in [0.4, 0.5) is 5.69 Å². The van der Waals surface area contributed by atoms with Gasteiger partial charge in [0.25, 0.3) is 0 Å². The first-order valence-electron chi connectivity index (χ1n) is 8.12. The normalized spacial score (nSPS) is 21.8. The van der Waals surface area contributed by atoms with Crippen molar-refractivity contribution in [2.24, 2.45) is 5.92 Å². The molecule has 1 aliphatic carbocycles. The van der Waals surface area contributed by atoms with E-state index >= 15 is 0 Å². The van der Waals surface area contributed by atoms with E-state index in [0.29, 0.717) is 28.9 Å². The number of hydrogen-bond donors (Lipinski definition) is 2. The molecule has 2 N–H and O–H groups in total. The highest BCUT2D eigenvalue weighted by molar-refractivity contribution is 6.29. The lowest BCUT2D eigenvalue weighted by molar-refractivity contribution is -0.000391. The van der Waals surface area contributed by atoms with E-state index < -0.39 is 11.6 Å². The van der Waals surface area contributed by atoms with Gasteiger partial charge in [-0.1, -0.05) is 11.6 Å². The molecule has 0 atom stereocenters. The Kier molecular flexibility index (Phi) is 5.87. The number of carbonyl (C=O) groups is 1. The van der Waals surface area contributed by atoms with Crippen molar-refractivity contribution in [2.45, 2.75) is 58.1 Å². The molecule has 1 saturated carbocycles. The van der Waals surface area contributed by atoms with Gasteiger partial charge in [0.15, 0.2) is 0 Å². The second-order valence-corrected chi connectivity index (χ2v) is 7.01. The van der Waals surface area contributed by atoms with Crippen LogP contribution >= 0.6 is 11.6 Å². The third kappa shape index (κ3) is 4.82. The minimum Gasteiger partial charge on any atom is -0.462 e. The van der Waals surface area contributed by atoms with Gasteiger partial charge in [0.05, 0.1) is 17.9 Å². The lowest BCUT2D eigenvalue weighted by Crippen LogP contribution is -2.37. The van der Waals surface area contributed by atoms with Gasteiger partial charge in [0, 0.05) is 12.2 Å². The van der Waals surface area contributed by atoms with Crippen LogP contribution in [0.1, 0.15) is 56.8 Å². The van der Waals surface area contributed by atoms with Gasteiger partial charge >= 0.3 is 5.97 Å². The molecule has 0 amide bonds. The highest BCUT2D eigenvalue weighted by Crippen LogP contribution is 2.34. The molecular formula is C17H25ClN2O3. The highest BCUT2D eigenvalue weighted by atomic mass is 35.5. The summed E-state index contributed by atoms with van der Waals surface area (Å²) >= 11 is 5.96. The Morgan fingerprint density at radius 2 is 2.09 bits per heavy atom. The fourth-order valence-corrected chi connectivity index (χ4v) is 3.24. The summed E-state index contributed by atoms with van der Waals surface area (Å²) in [6.45, 7) is 5.82. The summed E-state index contributed by atoms with van der Waals surface area (Å²) < 4.78 is 5.06. The number of halogens is 1. The molecule has 5 nitrogen and oxygen atoms in total. The average molecular weight is 341 g/mol. The molecule has 128 valence electrons. The van der Waals surface area contributed by atoms with E-state index in [2.05, 4.69) is 10.3 Å². The van der Waals surface area contributed by atoms with E-state index in [1.807, 2.05) is 13.8 Å². The van der Waals surface area contributed by atoms with Gasteiger partial charge in [-0.2, -0.15) is 0 Å². The van der Waals surface area contributed by atoms with Crippen LogP contribution in [-0.2, 0) is 4.74 Å². The summed E-state index contributed by atoms with van der Waals surface area (Å²) in [7, 11) is 0. The standard InChI is InChI=1S/C17H25ClN2O3/c1-4-23-16(21)13-10-19-15(18)9-14(13)20-12-7-5-11(6-8-12)17(2,3)22/h9-12,22H,4-8H2,1-3H3,(H,19,20). The minimum absolute atomic E-state index is 0.250. The van der Waals surface area contributed by atoms with Crippen molar-refractivity contribution in [3.8, 4) is 0 Å². The van der Waals surface area contributed by atoms with Crippen LogP contribution in [0.15, 0.2) is 12.3 Å². The van der Waals surface area contributed by atoms with Gasteiger partial charge in [0.2, 0.25) is 0 Å². The molecule has 1 heterocycles. The first-order valence-corrected chi connectivity index (χ1v) is 8.50. The molecule has 1 aliphatic rings. The van der Waals surface area contributed by atoms with E-state index in [1.54, 1.807) is 13.0 Å². The Morgan fingerprint density at radius 1 is 1.43 bits per heavy atom. The molecule has 0 aliphatic heterocycles. The number of carbonyl (C=O) groups excluding carboxylic acids is 1. The Hall–Kier alpha value is -1.33. The van der Waals surface area contributed by atoms with E-state index in [4.69, 9.17) is 16.3 Å². The molecule has 0 saturated heterocycles. The number of ether oxygens (including phenoxy) is 1. The molecule has 0 spiro atoms. The summed E-state index contributed by atoms with van der Waals surface area (Å²) in [4.78, 5) is 16.0. The van der Waals surface area contributed by atoms with Crippen LogP contribution in [-0.4, -0.2) is 34.3 Å². The Labute approximate surface area is 142 Å². The van der Waals surface area contributed by atoms with Gasteiger partial charge in [-0.15, -0.1) is 0 Å². The highest BCUT2D eigenvalue weighted by Gasteiger charge is 2.31.